The zero-order valence-electron chi connectivity index (χ0n) is 17.7. The Morgan fingerprint density at radius 2 is 1.94 bits per heavy atom. The summed E-state index contributed by atoms with van der Waals surface area (Å²) in [4.78, 5) is 15.8. The van der Waals surface area contributed by atoms with E-state index in [1.165, 1.54) is 19.2 Å². The fourth-order valence-electron chi connectivity index (χ4n) is 3.36. The Labute approximate surface area is 185 Å². The lowest BCUT2D eigenvalue weighted by Crippen LogP contribution is -2.09. The summed E-state index contributed by atoms with van der Waals surface area (Å²) in [7, 11) is 1.17. The molecular weight excluding hydrogens is 441 g/mol. The van der Waals surface area contributed by atoms with Crippen LogP contribution >= 0.6 is 0 Å². The van der Waals surface area contributed by atoms with Gasteiger partial charge in [-0.05, 0) is 43.3 Å². The van der Waals surface area contributed by atoms with Crippen LogP contribution in [0.15, 0.2) is 47.1 Å². The average Bonchev–Trinajstić information content (AvgIpc) is 3.44. The molecule has 0 unspecified atom stereocenters. The summed E-state index contributed by atoms with van der Waals surface area (Å²) in [6.45, 7) is 2.44. The van der Waals surface area contributed by atoms with Crippen molar-refractivity contribution in [2.24, 2.45) is 0 Å². The van der Waals surface area contributed by atoms with Crippen LogP contribution in [-0.4, -0.2) is 39.6 Å². The molecule has 2 aromatic heterocycles. The predicted molar refractivity (Wildman–Crippen MR) is 111 cm³/mol. The SMILES string of the molecule is CCOC(=O)CCn1ncc2cc(-c3noc(-c4ccc(OC)c(C(F)(F)F)c4)n3)ccc21. The lowest BCUT2D eigenvalue weighted by molar-refractivity contribution is -0.143. The van der Waals surface area contributed by atoms with Gasteiger partial charge in [-0.1, -0.05) is 5.16 Å². The third-order valence-electron chi connectivity index (χ3n) is 4.91. The number of fused-ring (bicyclic) bond motifs is 1. The quantitative estimate of drug-likeness (QED) is 0.368. The van der Waals surface area contributed by atoms with Crippen molar-refractivity contribution in [1.29, 1.82) is 0 Å². The Kier molecular flexibility index (Phi) is 6.03. The summed E-state index contributed by atoms with van der Waals surface area (Å²) in [6.07, 6.45) is -2.75. The smallest absolute Gasteiger partial charge is 0.419 e. The van der Waals surface area contributed by atoms with E-state index in [0.717, 1.165) is 17.0 Å². The maximum atomic E-state index is 13.3. The van der Waals surface area contributed by atoms with Crippen LogP contribution in [0.3, 0.4) is 0 Å². The van der Waals surface area contributed by atoms with Crippen LogP contribution in [0.5, 0.6) is 5.75 Å². The first-order valence-corrected chi connectivity index (χ1v) is 10.0. The molecule has 0 atom stereocenters. The monoisotopic (exact) mass is 460 g/mol. The van der Waals surface area contributed by atoms with E-state index in [1.54, 1.807) is 36.0 Å². The number of hydrogen-bond donors (Lipinski definition) is 0. The summed E-state index contributed by atoms with van der Waals surface area (Å²) in [5, 5.41) is 8.98. The number of halogens is 3. The Bertz CT molecular complexity index is 1300. The predicted octanol–water partition coefficient (Wildman–Crippen LogP) is 4.73. The lowest BCUT2D eigenvalue weighted by Gasteiger charge is -2.12. The second-order valence-corrected chi connectivity index (χ2v) is 7.03. The maximum Gasteiger partial charge on any atom is 0.419 e. The molecule has 0 aliphatic rings. The number of carbonyl (C=O) groups is 1. The second-order valence-electron chi connectivity index (χ2n) is 7.03. The highest BCUT2D eigenvalue weighted by Gasteiger charge is 2.35. The number of hydrogen-bond acceptors (Lipinski definition) is 7. The molecule has 0 amide bonds. The minimum absolute atomic E-state index is 0.0524. The van der Waals surface area contributed by atoms with Crippen LogP contribution in [0.1, 0.15) is 18.9 Å². The Morgan fingerprint density at radius 3 is 2.67 bits per heavy atom. The minimum atomic E-state index is -4.59. The molecule has 2 aromatic carbocycles. The first kappa shape index (κ1) is 22.3. The van der Waals surface area contributed by atoms with Crippen molar-refractivity contribution >= 4 is 16.9 Å². The minimum Gasteiger partial charge on any atom is -0.496 e. The number of aryl methyl sites for hydroxylation is 1. The Hall–Kier alpha value is -3.89. The number of alkyl halides is 3. The first-order chi connectivity index (χ1) is 15.8. The van der Waals surface area contributed by atoms with E-state index in [0.29, 0.717) is 18.7 Å². The number of nitrogens with zero attached hydrogens (tertiary/aromatic N) is 4. The number of benzene rings is 2. The van der Waals surface area contributed by atoms with Crippen LogP contribution in [0.2, 0.25) is 0 Å². The van der Waals surface area contributed by atoms with Gasteiger partial charge in [0.1, 0.15) is 5.75 Å². The molecule has 0 saturated heterocycles. The van der Waals surface area contributed by atoms with E-state index in [-0.39, 0.29) is 35.4 Å². The molecule has 0 spiro atoms. The molecule has 0 saturated carbocycles. The van der Waals surface area contributed by atoms with Gasteiger partial charge >= 0.3 is 12.1 Å². The third-order valence-corrected chi connectivity index (χ3v) is 4.91. The van der Waals surface area contributed by atoms with E-state index < -0.39 is 11.7 Å². The number of ether oxygens (including phenoxy) is 2. The largest absolute Gasteiger partial charge is 0.496 e. The van der Waals surface area contributed by atoms with Crippen molar-refractivity contribution < 1.29 is 32.0 Å². The summed E-state index contributed by atoms with van der Waals surface area (Å²) in [5.74, 6) is -0.431. The molecule has 33 heavy (non-hydrogen) atoms. The van der Waals surface area contributed by atoms with Crippen LogP contribution < -0.4 is 4.74 Å². The molecule has 4 rings (SSSR count). The van der Waals surface area contributed by atoms with Crippen molar-refractivity contribution in [3.63, 3.8) is 0 Å². The molecule has 11 heteroatoms. The highest BCUT2D eigenvalue weighted by Crippen LogP contribution is 2.38. The normalized spacial score (nSPS) is 11.7. The lowest BCUT2D eigenvalue weighted by atomic mass is 10.1. The van der Waals surface area contributed by atoms with E-state index in [2.05, 4.69) is 15.2 Å². The van der Waals surface area contributed by atoms with Gasteiger partial charge in [0.15, 0.2) is 0 Å². The van der Waals surface area contributed by atoms with Gasteiger partial charge in [0.05, 0.1) is 44.0 Å². The zero-order chi connectivity index (χ0) is 23.6. The number of esters is 1. The van der Waals surface area contributed by atoms with Gasteiger partial charge in [0, 0.05) is 16.5 Å². The molecule has 0 bridgehead atoms. The second kappa shape index (κ2) is 8.93. The van der Waals surface area contributed by atoms with Crippen LogP contribution in [0.4, 0.5) is 13.2 Å². The molecular formula is C22H19F3N4O4. The van der Waals surface area contributed by atoms with Crippen LogP contribution in [0, 0.1) is 0 Å². The fourth-order valence-corrected chi connectivity index (χ4v) is 3.36. The molecule has 0 N–H and O–H groups in total. The van der Waals surface area contributed by atoms with Crippen molar-refractivity contribution in [2.75, 3.05) is 13.7 Å². The van der Waals surface area contributed by atoms with Crippen molar-refractivity contribution in [2.45, 2.75) is 26.1 Å². The highest BCUT2D eigenvalue weighted by atomic mass is 19.4. The maximum absolute atomic E-state index is 13.3. The standard InChI is InChI=1S/C22H19F3N4O4/c1-3-32-19(30)8-9-29-17-6-4-13(10-15(17)12-26-29)20-27-21(33-28-20)14-5-7-18(31-2)16(11-14)22(23,24)25/h4-7,10-12H,3,8-9H2,1-2H3. The third kappa shape index (κ3) is 4.66. The van der Waals surface area contributed by atoms with Crippen molar-refractivity contribution in [1.82, 2.24) is 19.9 Å². The summed E-state index contributed by atoms with van der Waals surface area (Å²) < 4.78 is 56.6. The van der Waals surface area contributed by atoms with Crippen molar-refractivity contribution in [3.8, 4) is 28.6 Å². The summed E-state index contributed by atoms with van der Waals surface area (Å²) in [6, 6.07) is 8.86. The van der Waals surface area contributed by atoms with Crippen LogP contribution in [-0.2, 0) is 22.3 Å². The Morgan fingerprint density at radius 1 is 1.15 bits per heavy atom. The first-order valence-electron chi connectivity index (χ1n) is 10.0. The van der Waals surface area contributed by atoms with E-state index >= 15 is 0 Å². The van der Waals surface area contributed by atoms with Gasteiger partial charge in [-0.25, -0.2) is 0 Å². The molecule has 0 aliphatic heterocycles. The van der Waals surface area contributed by atoms with Gasteiger partial charge in [0.2, 0.25) is 5.82 Å². The number of aromatic nitrogens is 4. The van der Waals surface area contributed by atoms with Gasteiger partial charge in [0.25, 0.3) is 5.89 Å². The molecule has 0 radical (unpaired) electrons. The summed E-state index contributed by atoms with van der Waals surface area (Å²) >= 11 is 0. The average molecular weight is 460 g/mol. The van der Waals surface area contributed by atoms with Gasteiger partial charge in [-0.3, -0.25) is 9.48 Å². The topological polar surface area (TPSA) is 92.3 Å². The summed E-state index contributed by atoms with van der Waals surface area (Å²) in [5.41, 5.74) is 0.595. The van der Waals surface area contributed by atoms with Gasteiger partial charge < -0.3 is 14.0 Å². The molecule has 0 fully saturated rings. The zero-order valence-corrected chi connectivity index (χ0v) is 17.7. The van der Waals surface area contributed by atoms with E-state index in [1.807, 2.05) is 0 Å². The highest BCUT2D eigenvalue weighted by molar-refractivity contribution is 5.83. The number of carbonyl (C=O) groups excluding carboxylic acids is 1. The number of methoxy groups -OCH3 is 1. The Balaban J connectivity index is 1.59. The molecule has 172 valence electrons. The van der Waals surface area contributed by atoms with E-state index in [4.69, 9.17) is 14.0 Å². The molecule has 4 aromatic rings. The fraction of sp³-hybridized carbons (Fsp3) is 0.273. The number of rotatable bonds is 7. The van der Waals surface area contributed by atoms with Gasteiger partial charge in [-0.15, -0.1) is 0 Å². The van der Waals surface area contributed by atoms with Crippen LogP contribution in [0.25, 0.3) is 33.7 Å². The molecule has 8 nitrogen and oxygen atoms in total. The molecule has 2 heterocycles. The van der Waals surface area contributed by atoms with Gasteiger partial charge in [-0.2, -0.15) is 23.3 Å². The van der Waals surface area contributed by atoms with E-state index in [9.17, 15) is 18.0 Å². The van der Waals surface area contributed by atoms with Crippen molar-refractivity contribution in [3.05, 3.63) is 48.2 Å². The molecule has 0 aliphatic carbocycles.